The minimum atomic E-state index is -3.11. The number of rotatable bonds is 0. The second-order valence-corrected chi connectivity index (χ2v) is 4.00. The van der Waals surface area contributed by atoms with Crippen molar-refractivity contribution in [1.29, 1.82) is 0 Å². The van der Waals surface area contributed by atoms with Gasteiger partial charge in [0.15, 0.2) is 0 Å². The van der Waals surface area contributed by atoms with Crippen LogP contribution >= 0.6 is 21.2 Å². The van der Waals surface area contributed by atoms with Crippen LogP contribution in [0.1, 0.15) is 2.85 Å². The van der Waals surface area contributed by atoms with Crippen molar-refractivity contribution in [3.63, 3.8) is 0 Å². The average Bonchev–Trinajstić information content (AvgIpc) is 1.54. The summed E-state index contributed by atoms with van der Waals surface area (Å²) in [6.45, 7) is 0. The molecule has 0 aromatic rings. The molecule has 3 N–H and O–H groups in total. The molecular formula is H5IO9S3-2. The third-order valence-corrected chi connectivity index (χ3v) is 0. The van der Waals surface area contributed by atoms with Gasteiger partial charge in [-0.1, -0.05) is 0 Å². The molecule has 0 heterocycles. The van der Waals surface area contributed by atoms with Crippen molar-refractivity contribution in [2.45, 2.75) is 0 Å². The molecule has 0 radical (unpaired) electrons. The molecule has 0 aliphatic rings. The van der Waals surface area contributed by atoms with E-state index in [0.717, 1.165) is 0 Å². The molecule has 13 heavy (non-hydrogen) atoms. The van der Waals surface area contributed by atoms with E-state index in [2.05, 4.69) is 0 Å². The first-order valence-electron chi connectivity index (χ1n) is 1.50. The van der Waals surface area contributed by atoms with Crippen LogP contribution in [0.15, 0.2) is 0 Å². The summed E-state index contributed by atoms with van der Waals surface area (Å²) in [4.78, 5) is 0. The molecule has 0 aliphatic heterocycles. The minimum absolute atomic E-state index is 0. The van der Waals surface area contributed by atoms with E-state index >= 15 is 0 Å². The lowest BCUT2D eigenvalue weighted by Gasteiger charge is -2.03. The van der Waals surface area contributed by atoms with E-state index in [9.17, 15) is 0 Å². The van der Waals surface area contributed by atoms with Crippen LogP contribution in [0, 0.1) is 0 Å². The largest absolute Gasteiger partial charge is 1.00 e. The normalized spacial score (nSPS) is 12.2. The van der Waals surface area contributed by atoms with Gasteiger partial charge in [0.25, 0.3) is 0 Å². The van der Waals surface area contributed by atoms with E-state index in [-0.39, 0.29) is 8.33 Å². The van der Waals surface area contributed by atoms with E-state index in [1.807, 2.05) is 0 Å². The lowest BCUT2D eigenvalue weighted by Crippen LogP contribution is -1.76. The van der Waals surface area contributed by atoms with Crippen LogP contribution in [0.5, 0.6) is 0 Å². The maximum Gasteiger partial charge on any atom is 1.00 e. The Morgan fingerprint density at radius 1 is 1.08 bits per heavy atom. The molecule has 9 nitrogen and oxygen atoms in total. The number of hydrogen-bond acceptors (Lipinski definition) is 7. The molecule has 0 rings (SSSR count). The molecule has 0 spiro atoms. The average molecular weight is 372 g/mol. The Balaban J connectivity index is -0.0000000184. The van der Waals surface area contributed by atoms with Gasteiger partial charge in [0.1, 0.15) is 0 Å². The van der Waals surface area contributed by atoms with Crippen molar-refractivity contribution in [2.24, 2.45) is 0 Å². The summed E-state index contributed by atoms with van der Waals surface area (Å²) >= 11 is -4.71. The van der Waals surface area contributed by atoms with Crippen LogP contribution < -0.4 is 0 Å². The summed E-state index contributed by atoms with van der Waals surface area (Å²) in [5, 5.41) is 0. The van der Waals surface area contributed by atoms with Crippen molar-refractivity contribution in [3.05, 3.63) is 0 Å². The van der Waals surface area contributed by atoms with Crippen molar-refractivity contribution in [3.8, 4) is 0 Å². The Morgan fingerprint density at radius 2 is 1.08 bits per heavy atom. The highest BCUT2D eigenvalue weighted by Crippen LogP contribution is 1.80. The first-order valence-corrected chi connectivity index (χ1v) is 7.15. The molecule has 0 saturated heterocycles. The van der Waals surface area contributed by atoms with E-state index in [1.165, 1.54) is 21.2 Å². The maximum atomic E-state index is 8.99. The molecule has 0 saturated carbocycles. The first kappa shape index (κ1) is 23.6. The molecule has 0 aromatic carbocycles. The van der Waals surface area contributed by atoms with Crippen molar-refractivity contribution < 1.29 is 43.7 Å². The van der Waals surface area contributed by atoms with Crippen LogP contribution in [0.4, 0.5) is 0 Å². The van der Waals surface area contributed by atoms with Gasteiger partial charge in [-0.2, -0.15) is 0 Å². The van der Waals surface area contributed by atoms with Gasteiger partial charge in [-0.3, -0.25) is 8.42 Å². The third kappa shape index (κ3) is 1750. The SMILES string of the molecule is O.O=S([O-])I.O=S([O-])O.O=S([O-])[O-].[H+].[H+]. The van der Waals surface area contributed by atoms with Crippen LogP contribution in [-0.4, -0.2) is 40.9 Å². The van der Waals surface area contributed by atoms with Crippen molar-refractivity contribution >= 4 is 52.2 Å². The summed E-state index contributed by atoms with van der Waals surface area (Å²) in [7, 11) is -1.89. The van der Waals surface area contributed by atoms with Gasteiger partial charge in [-0.05, 0) is 0 Å². The fourth-order valence-electron chi connectivity index (χ4n) is 0. The first-order chi connectivity index (χ1) is 5.20. The molecular weight excluding hydrogens is 367 g/mol. The smallest absolute Gasteiger partial charge is 0.784 e. The molecule has 0 fully saturated rings. The fraction of sp³-hybridized carbons (Fsp3) is 0. The van der Waals surface area contributed by atoms with Gasteiger partial charge in [-0.15, -0.1) is 11.4 Å². The lowest BCUT2D eigenvalue weighted by molar-refractivity contribution is 0.419. The van der Waals surface area contributed by atoms with Gasteiger partial charge in [0.2, 0.25) is 0 Å². The van der Waals surface area contributed by atoms with Crippen molar-refractivity contribution in [2.75, 3.05) is 0 Å². The zero-order valence-electron chi connectivity index (χ0n) is 7.41. The van der Waals surface area contributed by atoms with E-state index in [4.69, 9.17) is 35.4 Å². The Labute approximate surface area is 95.7 Å². The monoisotopic (exact) mass is 372 g/mol. The Kier molecular flexibility index (Phi) is 33.9. The summed E-state index contributed by atoms with van der Waals surface area (Å²) in [5.74, 6) is 0. The molecule has 13 heteroatoms. The molecule has 0 aromatic heterocycles. The third-order valence-electron chi connectivity index (χ3n) is 0. The van der Waals surface area contributed by atoms with Gasteiger partial charge in [0, 0.05) is 29.5 Å². The van der Waals surface area contributed by atoms with Gasteiger partial charge >= 0.3 is 2.85 Å². The van der Waals surface area contributed by atoms with Crippen LogP contribution in [0.25, 0.3) is 0 Å². The predicted octanol–water partition coefficient (Wildman–Crippen LogP) is -2.05. The fourth-order valence-corrected chi connectivity index (χ4v) is 0. The summed E-state index contributed by atoms with van der Waals surface area (Å²) in [6.07, 6.45) is 0. The van der Waals surface area contributed by atoms with Gasteiger partial charge in [-0.25, -0.2) is 4.21 Å². The number of hydrogen-bond donors (Lipinski definition) is 1. The highest BCUT2D eigenvalue weighted by atomic mass is 127. The van der Waals surface area contributed by atoms with Gasteiger partial charge in [0.05, 0.1) is 11.4 Å². The molecule has 86 valence electrons. The topological polar surface area (TPSA) is 195 Å². The highest BCUT2D eigenvalue weighted by Gasteiger charge is 1.45. The lowest BCUT2D eigenvalue weighted by atomic mass is 15.8. The molecule has 0 amide bonds. The Hall–Kier alpha value is 0.940. The Bertz CT molecular complexity index is 121. The van der Waals surface area contributed by atoms with Crippen molar-refractivity contribution in [1.82, 2.24) is 0 Å². The van der Waals surface area contributed by atoms with Gasteiger partial charge < -0.3 is 28.2 Å². The second kappa shape index (κ2) is 18.7. The van der Waals surface area contributed by atoms with E-state index in [1.54, 1.807) is 0 Å². The van der Waals surface area contributed by atoms with E-state index in [0.29, 0.717) is 0 Å². The second-order valence-electron chi connectivity index (χ2n) is 0.615. The maximum absolute atomic E-state index is 8.99. The summed E-state index contributed by atoms with van der Waals surface area (Å²) in [5.41, 5.74) is 0. The van der Waals surface area contributed by atoms with Crippen LogP contribution in [0.2, 0.25) is 0 Å². The summed E-state index contributed by atoms with van der Waals surface area (Å²) in [6, 6.07) is 0. The molecule has 0 aliphatic carbocycles. The highest BCUT2D eigenvalue weighted by molar-refractivity contribution is 14.2. The predicted molar refractivity (Wildman–Crippen MR) is 50.0 cm³/mol. The minimum Gasteiger partial charge on any atom is -0.784 e. The molecule has 0 bridgehead atoms. The Morgan fingerprint density at radius 3 is 1.08 bits per heavy atom. The standard InChI is InChI=1S/HIO2S.2H2O3S.H2O/c3*1-4(2)3;/h(H,2,3);2*(H2,1,2,3);1H2/p-2. The molecule has 2 unspecified atom stereocenters. The number of halogens is 1. The zero-order valence-corrected chi connectivity index (χ0v) is 10.0. The summed E-state index contributed by atoms with van der Waals surface area (Å²) < 4.78 is 67.4. The van der Waals surface area contributed by atoms with Crippen LogP contribution in [-0.2, 0) is 31.0 Å². The molecule has 2 atom stereocenters. The quantitative estimate of drug-likeness (QED) is 0.285. The van der Waals surface area contributed by atoms with Crippen LogP contribution in [0.3, 0.4) is 0 Å². The zero-order chi connectivity index (χ0) is 10.7. The van der Waals surface area contributed by atoms with E-state index < -0.39 is 31.0 Å².